The zero-order valence-electron chi connectivity index (χ0n) is 39.8. The van der Waals surface area contributed by atoms with Crippen LogP contribution in [0.1, 0.15) is 99.0 Å². The lowest BCUT2D eigenvalue weighted by Crippen LogP contribution is -2.61. The van der Waals surface area contributed by atoms with Gasteiger partial charge in [0.2, 0.25) is 6.79 Å². The van der Waals surface area contributed by atoms with E-state index < -0.39 is 116 Å². The Bertz CT molecular complexity index is 1410. The first-order valence-corrected chi connectivity index (χ1v) is 20.6. The number of oxime groups is 1. The van der Waals surface area contributed by atoms with Crippen LogP contribution in [0.4, 0.5) is 0 Å². The zero-order chi connectivity index (χ0) is 46.4. The van der Waals surface area contributed by atoms with Crippen molar-refractivity contribution >= 4 is 11.7 Å². The predicted octanol–water partition coefficient (Wildman–Crippen LogP) is 2.21. The molecule has 0 aromatic carbocycles. The molecular formula is C41H76N2O15. The molecule has 17 nitrogen and oxygen atoms in total. The van der Waals surface area contributed by atoms with Crippen molar-refractivity contribution in [2.75, 3.05) is 48.2 Å². The van der Waals surface area contributed by atoms with Crippen LogP contribution in [0.15, 0.2) is 5.16 Å². The third-order valence-corrected chi connectivity index (χ3v) is 12.5. The summed E-state index contributed by atoms with van der Waals surface area (Å²) in [6, 6.07) is -0.359. The second-order valence-corrected chi connectivity index (χ2v) is 17.6. The monoisotopic (exact) mass is 841 g/mol. The number of likely N-dealkylation sites (N-methyl/N-ethyl adjacent to an activating group) is 1. The minimum Gasteiger partial charge on any atom is -0.459 e. The summed E-state index contributed by atoms with van der Waals surface area (Å²) < 4.78 is 69.2. The third kappa shape index (κ3) is 12.1. The van der Waals surface area contributed by atoms with Gasteiger partial charge in [0, 0.05) is 44.4 Å². The van der Waals surface area contributed by atoms with Gasteiger partial charge in [-0.3, -0.25) is 4.79 Å². The first-order chi connectivity index (χ1) is 28.1. The van der Waals surface area contributed by atoms with Crippen LogP contribution in [0.2, 0.25) is 0 Å². The van der Waals surface area contributed by atoms with Crippen molar-refractivity contribution in [3.63, 3.8) is 0 Å². The minimum absolute atomic E-state index is 0.0673. The number of cyclic esters (lactones) is 1. The highest BCUT2D eigenvalue weighted by atomic mass is 16.7. The fourth-order valence-corrected chi connectivity index (χ4v) is 8.89. The second-order valence-electron chi connectivity index (χ2n) is 17.6. The largest absolute Gasteiger partial charge is 0.459 e. The smallest absolute Gasteiger partial charge is 0.311 e. The number of ether oxygens (including phenoxy) is 8. The highest BCUT2D eigenvalue weighted by Crippen LogP contribution is 2.41. The van der Waals surface area contributed by atoms with Crippen molar-refractivity contribution in [1.82, 2.24) is 4.90 Å². The number of aliphatic hydroxyl groups excluding tert-OH is 3. The van der Waals surface area contributed by atoms with E-state index in [1.165, 1.54) is 14.0 Å². The van der Waals surface area contributed by atoms with Crippen LogP contribution in [0.3, 0.4) is 0 Å². The van der Waals surface area contributed by atoms with E-state index >= 15 is 0 Å². The zero-order valence-corrected chi connectivity index (χ0v) is 36.8. The Morgan fingerprint density at radius 3 is 2.22 bits per heavy atom. The standard InChI is InChI=1S/C41H76N2O15/c1-15-29-41(10,49)34(45)24(4)31(42-53-21-52-17-16-50-13)22(2)19-39(8,48)36(58-38-32(44)28(43(11)12)18-23(3)54-38)25(5)33(26(6)37(47)56-29)57-30-20-40(9,51-14)35(46)27(7)55-30/h22-30,32-36,38,44-46,48-49H,15-21H2,1-14H3/b42-31-/t22-,23-,24+,25+,26-,27+,28+,29-,30+,32-,33+,34-,35+,36-,38+,39-,40-,41-/m1/s1/i13+1D3. The van der Waals surface area contributed by atoms with Crippen molar-refractivity contribution in [3.05, 3.63) is 0 Å². The lowest BCUT2D eigenvalue weighted by Gasteiger charge is -2.49. The number of aliphatic hydroxyl groups is 5. The average molecular weight is 841 g/mol. The minimum atomic E-state index is -2.59. The number of carbonyl (C=O) groups is 1. The highest BCUT2D eigenvalue weighted by molar-refractivity contribution is 5.88. The summed E-state index contributed by atoms with van der Waals surface area (Å²) in [5, 5.41) is 63.6. The van der Waals surface area contributed by atoms with Crippen molar-refractivity contribution < 1.29 is 77.2 Å². The summed E-state index contributed by atoms with van der Waals surface area (Å²) in [5.74, 6) is -4.42. The molecule has 17 heteroatoms. The summed E-state index contributed by atoms with van der Waals surface area (Å²) in [4.78, 5) is 21.7. The van der Waals surface area contributed by atoms with Gasteiger partial charge in [0.1, 0.15) is 23.9 Å². The Morgan fingerprint density at radius 1 is 0.948 bits per heavy atom. The lowest BCUT2D eigenvalue weighted by molar-refractivity contribution is -0.317. The van der Waals surface area contributed by atoms with Crippen LogP contribution >= 0.6 is 0 Å². The molecule has 0 saturated carbocycles. The summed E-state index contributed by atoms with van der Waals surface area (Å²) in [6.45, 7) is 15.8. The highest BCUT2D eigenvalue weighted by Gasteiger charge is 2.53. The van der Waals surface area contributed by atoms with E-state index in [9.17, 15) is 30.3 Å². The molecule has 3 heterocycles. The molecule has 3 saturated heterocycles. The molecular weight excluding hydrogens is 761 g/mol. The van der Waals surface area contributed by atoms with E-state index in [1.54, 1.807) is 55.4 Å². The molecule has 340 valence electrons. The van der Waals surface area contributed by atoms with Gasteiger partial charge >= 0.3 is 5.97 Å². The fourth-order valence-electron chi connectivity index (χ4n) is 8.89. The van der Waals surface area contributed by atoms with Gasteiger partial charge in [-0.1, -0.05) is 32.9 Å². The molecule has 0 aliphatic carbocycles. The topological polar surface area (TPSA) is 217 Å². The Labute approximate surface area is 349 Å². The Balaban J connectivity index is 2.18. The van der Waals surface area contributed by atoms with E-state index in [0.717, 1.165) is 0 Å². The molecule has 0 aromatic heterocycles. The molecule has 0 unspecified atom stereocenters. The molecule has 0 radical (unpaired) electrons. The number of esters is 1. The van der Waals surface area contributed by atoms with Gasteiger partial charge in [-0.05, 0) is 74.9 Å². The van der Waals surface area contributed by atoms with Crippen LogP contribution in [0.25, 0.3) is 0 Å². The van der Waals surface area contributed by atoms with Crippen LogP contribution in [0, 0.1) is 23.7 Å². The summed E-state index contributed by atoms with van der Waals surface area (Å²) in [7, 11) is 2.56. The first-order valence-electron chi connectivity index (χ1n) is 22.1. The Hall–Kier alpha value is -1.58. The molecule has 0 amide bonds. The van der Waals surface area contributed by atoms with E-state index in [2.05, 4.69) is 5.16 Å². The summed E-state index contributed by atoms with van der Waals surface area (Å²) in [6.07, 6.45) is -10.1. The molecule has 58 heavy (non-hydrogen) atoms. The van der Waals surface area contributed by atoms with Crippen molar-refractivity contribution in [3.8, 4) is 0 Å². The number of methoxy groups -OCH3 is 2. The molecule has 3 fully saturated rings. The van der Waals surface area contributed by atoms with Gasteiger partial charge in [-0.2, -0.15) is 0 Å². The third-order valence-electron chi connectivity index (χ3n) is 12.5. The average Bonchev–Trinajstić information content (AvgIpc) is 3.16. The molecule has 18 atom stereocenters. The van der Waals surface area contributed by atoms with Crippen molar-refractivity contribution in [2.45, 2.75) is 179 Å². The number of hydrogen-bond donors (Lipinski definition) is 5. The van der Waals surface area contributed by atoms with E-state index in [-0.39, 0.29) is 50.3 Å². The maximum Gasteiger partial charge on any atom is 0.311 e. The fraction of sp³-hybridized carbons (Fsp3) is 0.951. The SMILES string of the molecule is [2H][13C]([2H])([2H])OCCOCO/N=C1/[C@H](C)C[C@@](C)(O)[C@H](O[C@@H]2O[C@H](C)C[C@H](N(C)C)[C@H]2O)[C@@H](C)[C@H](O[C@H]2C[C@@](C)(OC)[C@@H](O)[C@H](C)O2)[C@@H](C)C(=O)O[C@H](CC)[C@@](C)(O)[C@H](O)[C@H]1C. The van der Waals surface area contributed by atoms with E-state index in [0.29, 0.717) is 6.42 Å². The Morgan fingerprint density at radius 2 is 1.62 bits per heavy atom. The maximum atomic E-state index is 14.3. The van der Waals surface area contributed by atoms with Crippen LogP contribution < -0.4 is 0 Å². The van der Waals surface area contributed by atoms with E-state index in [4.69, 9.17) is 46.8 Å². The van der Waals surface area contributed by atoms with Crippen molar-refractivity contribution in [1.29, 1.82) is 0 Å². The number of nitrogens with zero attached hydrogens (tertiary/aromatic N) is 2. The number of rotatable bonds is 13. The molecule has 0 bridgehead atoms. The van der Waals surface area contributed by atoms with Gasteiger partial charge in [0.25, 0.3) is 0 Å². The first kappa shape index (κ1) is 45.9. The second kappa shape index (κ2) is 21.5. The van der Waals surface area contributed by atoms with Crippen molar-refractivity contribution in [2.24, 2.45) is 28.8 Å². The Kier molecular flexibility index (Phi) is 17.0. The van der Waals surface area contributed by atoms with Gasteiger partial charge in [0.15, 0.2) is 12.6 Å². The van der Waals surface area contributed by atoms with Gasteiger partial charge in [0.05, 0.1) is 70.7 Å². The van der Waals surface area contributed by atoms with Crippen LogP contribution in [-0.4, -0.2) is 175 Å². The summed E-state index contributed by atoms with van der Waals surface area (Å²) in [5.41, 5.74) is -4.73. The molecule has 0 aromatic rings. The lowest BCUT2D eigenvalue weighted by atomic mass is 9.73. The van der Waals surface area contributed by atoms with Crippen LogP contribution in [-0.2, 0) is 47.5 Å². The van der Waals surface area contributed by atoms with Gasteiger partial charge in [-0.25, -0.2) is 0 Å². The van der Waals surface area contributed by atoms with Gasteiger partial charge in [-0.15, -0.1) is 0 Å². The molecule has 3 rings (SSSR count). The number of carbonyl (C=O) groups excluding carboxylic acids is 1. The van der Waals surface area contributed by atoms with Gasteiger partial charge < -0.3 is 73.2 Å². The maximum absolute atomic E-state index is 14.3. The van der Waals surface area contributed by atoms with Crippen LogP contribution in [0.5, 0.6) is 0 Å². The molecule has 0 spiro atoms. The molecule has 3 aliphatic rings. The quantitative estimate of drug-likeness (QED) is 0.0591. The summed E-state index contributed by atoms with van der Waals surface area (Å²) >= 11 is 0. The molecule has 5 N–H and O–H groups in total. The predicted molar refractivity (Wildman–Crippen MR) is 212 cm³/mol. The van der Waals surface area contributed by atoms with E-state index in [1.807, 2.05) is 25.9 Å². The number of hydrogen-bond acceptors (Lipinski definition) is 17. The molecule has 3 aliphatic heterocycles. The normalized spacial score (nSPS) is 46.8.